The molecule has 28 heavy (non-hydrogen) atoms. The van der Waals surface area contributed by atoms with Crippen LogP contribution < -0.4 is 4.74 Å². The highest BCUT2D eigenvalue weighted by Gasteiger charge is 2.40. The number of nitro benzene ring substituents is 1. The molecule has 2 atom stereocenters. The monoisotopic (exact) mass is 371 g/mol. The molecule has 0 bridgehead atoms. The zero-order valence-electron chi connectivity index (χ0n) is 14.9. The number of hydrazone groups is 1. The fraction of sp³-hybridized carbons (Fsp3) is 0.136. The van der Waals surface area contributed by atoms with E-state index in [4.69, 9.17) is 9.84 Å². The fourth-order valence-corrected chi connectivity index (χ4v) is 3.82. The number of rotatable bonds is 3. The standard InChI is InChI=1S/C22H17N3O3/c26-25(27)17-12-10-16(11-13-17)22-24-20(18-8-4-5-9-21(18)28-22)14-19(23-24)15-6-2-1-3-7-15/h1-13,20,22H,14H2/t20-,22-/m0/s1. The highest BCUT2D eigenvalue weighted by atomic mass is 16.6. The molecule has 0 aliphatic carbocycles. The summed E-state index contributed by atoms with van der Waals surface area (Å²) in [7, 11) is 0. The van der Waals surface area contributed by atoms with E-state index in [2.05, 4.69) is 18.2 Å². The Bertz CT molecular complexity index is 1060. The van der Waals surface area contributed by atoms with Crippen LogP contribution in [0.1, 0.15) is 35.4 Å². The first-order chi connectivity index (χ1) is 13.7. The predicted octanol–water partition coefficient (Wildman–Crippen LogP) is 4.84. The molecule has 0 saturated heterocycles. The van der Waals surface area contributed by atoms with Gasteiger partial charge >= 0.3 is 0 Å². The Balaban J connectivity index is 1.57. The molecule has 6 heteroatoms. The average Bonchev–Trinajstić information content (AvgIpc) is 3.20. The molecule has 3 aromatic rings. The Labute approximate surface area is 161 Å². The van der Waals surface area contributed by atoms with Crippen LogP contribution in [0.2, 0.25) is 0 Å². The summed E-state index contributed by atoms with van der Waals surface area (Å²) < 4.78 is 6.27. The third-order valence-electron chi connectivity index (χ3n) is 5.20. The maximum Gasteiger partial charge on any atom is 0.269 e. The van der Waals surface area contributed by atoms with E-state index in [-0.39, 0.29) is 11.7 Å². The molecule has 138 valence electrons. The summed E-state index contributed by atoms with van der Waals surface area (Å²) in [5.74, 6) is 0.830. The van der Waals surface area contributed by atoms with Crippen LogP contribution in [0, 0.1) is 10.1 Å². The first kappa shape index (κ1) is 16.5. The van der Waals surface area contributed by atoms with Crippen molar-refractivity contribution in [2.24, 2.45) is 5.10 Å². The third-order valence-corrected chi connectivity index (χ3v) is 5.20. The Morgan fingerprint density at radius 1 is 0.964 bits per heavy atom. The van der Waals surface area contributed by atoms with Crippen molar-refractivity contribution in [3.63, 3.8) is 0 Å². The zero-order valence-corrected chi connectivity index (χ0v) is 14.9. The lowest BCUT2D eigenvalue weighted by Crippen LogP contribution is -2.33. The van der Waals surface area contributed by atoms with Crippen molar-refractivity contribution in [2.75, 3.05) is 0 Å². The van der Waals surface area contributed by atoms with Crippen molar-refractivity contribution in [2.45, 2.75) is 18.7 Å². The number of nitrogens with zero attached hydrogens (tertiary/aromatic N) is 3. The molecular formula is C22H17N3O3. The van der Waals surface area contributed by atoms with Crippen LogP contribution in [0.3, 0.4) is 0 Å². The van der Waals surface area contributed by atoms with E-state index < -0.39 is 11.2 Å². The third kappa shape index (κ3) is 2.70. The topological polar surface area (TPSA) is 68.0 Å². The lowest BCUT2D eigenvalue weighted by atomic mass is 9.96. The summed E-state index contributed by atoms with van der Waals surface area (Å²) in [6.45, 7) is 0. The number of fused-ring (bicyclic) bond motifs is 3. The van der Waals surface area contributed by atoms with Gasteiger partial charge in [0.15, 0.2) is 0 Å². The van der Waals surface area contributed by atoms with Gasteiger partial charge in [-0.2, -0.15) is 5.10 Å². The second-order valence-corrected chi connectivity index (χ2v) is 6.87. The van der Waals surface area contributed by atoms with Crippen LogP contribution in [0.25, 0.3) is 0 Å². The summed E-state index contributed by atoms with van der Waals surface area (Å²) in [5.41, 5.74) is 4.11. The number of ether oxygens (including phenoxy) is 1. The molecule has 0 amide bonds. The van der Waals surface area contributed by atoms with Gasteiger partial charge in [-0.15, -0.1) is 0 Å². The predicted molar refractivity (Wildman–Crippen MR) is 105 cm³/mol. The number of hydrogen-bond acceptors (Lipinski definition) is 5. The number of benzene rings is 3. The van der Waals surface area contributed by atoms with Gasteiger partial charge in [0, 0.05) is 29.7 Å². The quantitative estimate of drug-likeness (QED) is 0.488. The van der Waals surface area contributed by atoms with Crippen LogP contribution in [-0.2, 0) is 0 Å². The Morgan fingerprint density at radius 3 is 2.43 bits per heavy atom. The smallest absolute Gasteiger partial charge is 0.269 e. The molecule has 0 fully saturated rings. The minimum atomic E-state index is -0.429. The molecule has 2 heterocycles. The molecule has 2 aliphatic heterocycles. The minimum absolute atomic E-state index is 0.0615. The van der Waals surface area contributed by atoms with Gasteiger partial charge in [0.25, 0.3) is 5.69 Å². The molecule has 0 unspecified atom stereocenters. The second-order valence-electron chi connectivity index (χ2n) is 6.87. The zero-order chi connectivity index (χ0) is 19.1. The second kappa shape index (κ2) is 6.49. The highest BCUT2D eigenvalue weighted by molar-refractivity contribution is 6.01. The van der Waals surface area contributed by atoms with Crippen LogP contribution in [-0.4, -0.2) is 15.6 Å². The van der Waals surface area contributed by atoms with Gasteiger partial charge in [-0.05, 0) is 23.8 Å². The highest BCUT2D eigenvalue weighted by Crippen LogP contribution is 2.47. The largest absolute Gasteiger partial charge is 0.464 e. The lowest BCUT2D eigenvalue weighted by molar-refractivity contribution is -0.384. The summed E-state index contributed by atoms with van der Waals surface area (Å²) in [4.78, 5) is 10.6. The summed E-state index contributed by atoms with van der Waals surface area (Å²) in [5, 5.41) is 17.8. The first-order valence-electron chi connectivity index (χ1n) is 9.12. The molecule has 6 nitrogen and oxygen atoms in total. The van der Waals surface area contributed by atoms with E-state index in [1.807, 2.05) is 41.4 Å². The molecule has 0 saturated carbocycles. The van der Waals surface area contributed by atoms with Gasteiger partial charge in [-0.1, -0.05) is 48.5 Å². The lowest BCUT2D eigenvalue weighted by Gasteiger charge is -2.38. The van der Waals surface area contributed by atoms with Crippen molar-refractivity contribution in [3.8, 4) is 5.75 Å². The van der Waals surface area contributed by atoms with Gasteiger partial charge in [-0.25, -0.2) is 5.01 Å². The van der Waals surface area contributed by atoms with Crippen molar-refractivity contribution in [3.05, 3.63) is 106 Å². The molecular weight excluding hydrogens is 354 g/mol. The number of non-ortho nitro benzene ring substituents is 1. The average molecular weight is 371 g/mol. The first-order valence-corrected chi connectivity index (χ1v) is 9.12. The van der Waals surface area contributed by atoms with Crippen molar-refractivity contribution in [1.29, 1.82) is 0 Å². The van der Waals surface area contributed by atoms with Crippen LogP contribution in [0.15, 0.2) is 84.0 Å². The fourth-order valence-electron chi connectivity index (χ4n) is 3.82. The van der Waals surface area contributed by atoms with Crippen LogP contribution in [0.4, 0.5) is 5.69 Å². The minimum Gasteiger partial charge on any atom is -0.464 e. The molecule has 2 aliphatic rings. The number of nitro groups is 1. The van der Waals surface area contributed by atoms with Gasteiger partial charge < -0.3 is 4.74 Å². The van der Waals surface area contributed by atoms with Gasteiger partial charge in [0.2, 0.25) is 6.23 Å². The normalized spacial score (nSPS) is 20.0. The summed E-state index contributed by atoms with van der Waals surface area (Å²) in [6.07, 6.45) is 0.357. The maximum absolute atomic E-state index is 11.0. The maximum atomic E-state index is 11.0. The molecule has 5 rings (SSSR count). The van der Waals surface area contributed by atoms with E-state index in [0.717, 1.165) is 34.6 Å². The number of hydrogen-bond donors (Lipinski definition) is 0. The van der Waals surface area contributed by atoms with Gasteiger partial charge in [-0.3, -0.25) is 10.1 Å². The Hall–Kier alpha value is -3.67. The molecule has 0 spiro atoms. The molecule has 3 aromatic carbocycles. The van der Waals surface area contributed by atoms with E-state index in [1.54, 1.807) is 12.1 Å². The summed E-state index contributed by atoms with van der Waals surface area (Å²) in [6, 6.07) is 24.7. The Morgan fingerprint density at radius 2 is 1.68 bits per heavy atom. The molecule has 0 N–H and O–H groups in total. The van der Waals surface area contributed by atoms with Gasteiger partial charge in [0.05, 0.1) is 16.7 Å². The number of para-hydroxylation sites is 1. The molecule has 0 aromatic heterocycles. The Kier molecular flexibility index (Phi) is 3.83. The summed E-state index contributed by atoms with van der Waals surface area (Å²) >= 11 is 0. The van der Waals surface area contributed by atoms with E-state index in [9.17, 15) is 10.1 Å². The van der Waals surface area contributed by atoms with Crippen molar-refractivity contribution < 1.29 is 9.66 Å². The SMILES string of the molecule is O=[N+]([O-])c1ccc([C@@H]2Oc3ccccc3[C@@H]3CC(c4ccccc4)=NN32)cc1. The van der Waals surface area contributed by atoms with Crippen molar-refractivity contribution >= 4 is 11.4 Å². The van der Waals surface area contributed by atoms with E-state index >= 15 is 0 Å². The van der Waals surface area contributed by atoms with Gasteiger partial charge in [0.1, 0.15) is 5.75 Å². The molecule has 0 radical (unpaired) electrons. The van der Waals surface area contributed by atoms with Crippen LogP contribution in [0.5, 0.6) is 5.75 Å². The van der Waals surface area contributed by atoms with Crippen LogP contribution >= 0.6 is 0 Å². The van der Waals surface area contributed by atoms with E-state index in [1.165, 1.54) is 12.1 Å². The van der Waals surface area contributed by atoms with E-state index in [0.29, 0.717) is 0 Å². The van der Waals surface area contributed by atoms with Crippen molar-refractivity contribution in [1.82, 2.24) is 5.01 Å².